The summed E-state index contributed by atoms with van der Waals surface area (Å²) in [6, 6.07) is 18.3. The van der Waals surface area contributed by atoms with Gasteiger partial charge in [-0.1, -0.05) is 54.6 Å². The van der Waals surface area contributed by atoms with Crippen LogP contribution in [0.5, 0.6) is 0 Å². The molecule has 0 amide bonds. The first kappa shape index (κ1) is 16.8. The van der Waals surface area contributed by atoms with E-state index in [2.05, 4.69) is 0 Å². The molecule has 0 N–H and O–H groups in total. The summed E-state index contributed by atoms with van der Waals surface area (Å²) in [4.78, 5) is 11.0. The van der Waals surface area contributed by atoms with Gasteiger partial charge < -0.3 is 0 Å². The normalized spacial score (nSPS) is 11.0. The quantitative estimate of drug-likeness (QED) is 0.418. The lowest BCUT2D eigenvalue weighted by molar-refractivity contribution is 0.112. The fourth-order valence-electron chi connectivity index (χ4n) is 2.89. The summed E-state index contributed by atoms with van der Waals surface area (Å²) in [7, 11) is 0. The second-order valence-corrected chi connectivity index (χ2v) is 6.10. The van der Waals surface area contributed by atoms with Crippen LogP contribution < -0.4 is 0 Å². The Balaban J connectivity index is 1.99. The van der Waals surface area contributed by atoms with E-state index in [0.29, 0.717) is 5.56 Å². The number of carbonyl (C=O) groups is 1. The predicted molar refractivity (Wildman–Crippen MR) is 102 cm³/mol. The minimum absolute atomic E-state index is 0.237. The van der Waals surface area contributed by atoms with Gasteiger partial charge in [-0.2, -0.15) is 0 Å². The maximum Gasteiger partial charge on any atom is 0.150 e. The third kappa shape index (κ3) is 3.74. The molecule has 0 atom stereocenters. The third-order valence-electron chi connectivity index (χ3n) is 4.39. The van der Waals surface area contributed by atoms with Crippen molar-refractivity contribution >= 4 is 18.4 Å². The van der Waals surface area contributed by atoms with E-state index in [0.717, 1.165) is 39.7 Å². The molecule has 0 aromatic heterocycles. The molecule has 3 aromatic rings. The van der Waals surface area contributed by atoms with Gasteiger partial charge in [0.1, 0.15) is 12.1 Å². The van der Waals surface area contributed by atoms with E-state index in [9.17, 15) is 9.18 Å². The van der Waals surface area contributed by atoms with Crippen molar-refractivity contribution in [2.45, 2.75) is 13.8 Å². The van der Waals surface area contributed by atoms with E-state index in [1.54, 1.807) is 12.1 Å². The van der Waals surface area contributed by atoms with Crippen LogP contribution in [0.3, 0.4) is 0 Å². The second kappa shape index (κ2) is 7.27. The summed E-state index contributed by atoms with van der Waals surface area (Å²) >= 11 is 0. The zero-order chi connectivity index (χ0) is 17.8. The molecule has 25 heavy (non-hydrogen) atoms. The standard InChI is InChI=1S/C23H19FO/c1-16-9-10-18(15-25)13-20(16)12-11-19-5-4-8-23(17(19)2)21-6-3-7-22(24)14-21/h3-15H,1-2H3/b12-11+. The Morgan fingerprint density at radius 3 is 2.36 bits per heavy atom. The van der Waals surface area contributed by atoms with Gasteiger partial charge in [0.2, 0.25) is 0 Å². The lowest BCUT2D eigenvalue weighted by Crippen LogP contribution is -1.89. The molecule has 0 aliphatic heterocycles. The summed E-state index contributed by atoms with van der Waals surface area (Å²) in [5, 5.41) is 0. The maximum atomic E-state index is 13.5. The number of aldehydes is 1. The molecule has 0 spiro atoms. The number of carbonyl (C=O) groups excluding carboxylic acids is 1. The fraction of sp³-hybridized carbons (Fsp3) is 0.0870. The highest BCUT2D eigenvalue weighted by atomic mass is 19.1. The van der Waals surface area contributed by atoms with E-state index >= 15 is 0 Å². The molecule has 0 saturated carbocycles. The van der Waals surface area contributed by atoms with Crippen LogP contribution >= 0.6 is 0 Å². The first-order chi connectivity index (χ1) is 12.1. The Hall–Kier alpha value is -3.00. The van der Waals surface area contributed by atoms with Crippen LogP contribution in [0.15, 0.2) is 60.7 Å². The van der Waals surface area contributed by atoms with Gasteiger partial charge in [-0.05, 0) is 65.4 Å². The van der Waals surface area contributed by atoms with Crippen molar-refractivity contribution in [2.75, 3.05) is 0 Å². The number of hydrogen-bond acceptors (Lipinski definition) is 1. The van der Waals surface area contributed by atoms with Crippen LogP contribution in [-0.4, -0.2) is 6.29 Å². The summed E-state index contributed by atoms with van der Waals surface area (Å²) in [6.07, 6.45) is 4.90. The van der Waals surface area contributed by atoms with Crippen LogP contribution in [0.1, 0.15) is 32.6 Å². The highest BCUT2D eigenvalue weighted by Crippen LogP contribution is 2.27. The molecule has 0 heterocycles. The smallest absolute Gasteiger partial charge is 0.150 e. The predicted octanol–water partition coefficient (Wildman–Crippen LogP) is 6.09. The summed E-state index contributed by atoms with van der Waals surface area (Å²) in [6.45, 7) is 4.05. The van der Waals surface area contributed by atoms with Gasteiger partial charge in [-0.15, -0.1) is 0 Å². The van der Waals surface area contributed by atoms with E-state index in [4.69, 9.17) is 0 Å². The maximum absolute atomic E-state index is 13.5. The number of halogens is 1. The minimum atomic E-state index is -0.237. The number of hydrogen-bond donors (Lipinski definition) is 0. The Kier molecular flexibility index (Phi) is 4.90. The topological polar surface area (TPSA) is 17.1 Å². The average molecular weight is 330 g/mol. The molecule has 124 valence electrons. The first-order valence-corrected chi connectivity index (χ1v) is 8.18. The van der Waals surface area contributed by atoms with Gasteiger partial charge in [0.25, 0.3) is 0 Å². The van der Waals surface area contributed by atoms with Crippen molar-refractivity contribution in [1.82, 2.24) is 0 Å². The molecule has 0 radical (unpaired) electrons. The largest absolute Gasteiger partial charge is 0.298 e. The molecule has 0 saturated heterocycles. The van der Waals surface area contributed by atoms with Gasteiger partial charge in [0, 0.05) is 5.56 Å². The van der Waals surface area contributed by atoms with E-state index < -0.39 is 0 Å². The van der Waals surface area contributed by atoms with E-state index in [1.165, 1.54) is 6.07 Å². The molecule has 3 rings (SSSR count). The van der Waals surface area contributed by atoms with Crippen LogP contribution in [-0.2, 0) is 0 Å². The second-order valence-electron chi connectivity index (χ2n) is 6.10. The van der Waals surface area contributed by atoms with Crippen LogP contribution in [0.25, 0.3) is 23.3 Å². The molecule has 3 aromatic carbocycles. The lowest BCUT2D eigenvalue weighted by atomic mass is 9.95. The molecular weight excluding hydrogens is 311 g/mol. The highest BCUT2D eigenvalue weighted by Gasteiger charge is 2.06. The Bertz CT molecular complexity index is 954. The molecule has 0 aliphatic carbocycles. The minimum Gasteiger partial charge on any atom is -0.298 e. The van der Waals surface area contributed by atoms with Gasteiger partial charge >= 0.3 is 0 Å². The molecule has 0 fully saturated rings. The molecule has 0 bridgehead atoms. The zero-order valence-corrected chi connectivity index (χ0v) is 14.3. The van der Waals surface area contributed by atoms with Crippen molar-refractivity contribution in [3.05, 3.63) is 94.3 Å². The van der Waals surface area contributed by atoms with E-state index in [1.807, 2.05) is 68.5 Å². The summed E-state index contributed by atoms with van der Waals surface area (Å²) in [5.41, 5.74) is 6.83. The number of aryl methyl sites for hydroxylation is 1. The van der Waals surface area contributed by atoms with Crippen molar-refractivity contribution in [3.63, 3.8) is 0 Å². The molecule has 2 heteroatoms. The van der Waals surface area contributed by atoms with Crippen LogP contribution in [0, 0.1) is 19.7 Å². The van der Waals surface area contributed by atoms with Crippen molar-refractivity contribution in [1.29, 1.82) is 0 Å². The van der Waals surface area contributed by atoms with Crippen molar-refractivity contribution < 1.29 is 9.18 Å². The fourth-order valence-corrected chi connectivity index (χ4v) is 2.89. The molecule has 0 aliphatic rings. The van der Waals surface area contributed by atoms with Crippen molar-refractivity contribution in [2.24, 2.45) is 0 Å². The van der Waals surface area contributed by atoms with Crippen LogP contribution in [0.4, 0.5) is 4.39 Å². The Morgan fingerprint density at radius 1 is 0.840 bits per heavy atom. The lowest BCUT2D eigenvalue weighted by Gasteiger charge is -2.09. The van der Waals surface area contributed by atoms with Gasteiger partial charge in [0.15, 0.2) is 0 Å². The van der Waals surface area contributed by atoms with Crippen LogP contribution in [0.2, 0.25) is 0 Å². The number of rotatable bonds is 4. The Labute approximate surface area is 147 Å². The molecule has 0 unspecified atom stereocenters. The van der Waals surface area contributed by atoms with Gasteiger partial charge in [0.05, 0.1) is 0 Å². The third-order valence-corrected chi connectivity index (χ3v) is 4.39. The van der Waals surface area contributed by atoms with Gasteiger partial charge in [-0.25, -0.2) is 4.39 Å². The van der Waals surface area contributed by atoms with Gasteiger partial charge in [-0.3, -0.25) is 4.79 Å². The Morgan fingerprint density at radius 2 is 1.60 bits per heavy atom. The highest BCUT2D eigenvalue weighted by molar-refractivity contribution is 5.81. The average Bonchev–Trinajstić information content (AvgIpc) is 2.62. The SMILES string of the molecule is Cc1ccc(C=O)cc1/C=C/c1cccc(-c2cccc(F)c2)c1C. The van der Waals surface area contributed by atoms with E-state index in [-0.39, 0.29) is 5.82 Å². The number of benzene rings is 3. The summed E-state index contributed by atoms with van der Waals surface area (Å²) in [5.74, 6) is -0.237. The first-order valence-electron chi connectivity index (χ1n) is 8.18. The zero-order valence-electron chi connectivity index (χ0n) is 14.3. The van der Waals surface area contributed by atoms with Crippen molar-refractivity contribution in [3.8, 4) is 11.1 Å². The monoisotopic (exact) mass is 330 g/mol. The summed E-state index contributed by atoms with van der Waals surface area (Å²) < 4.78 is 13.5. The molecule has 1 nitrogen and oxygen atoms in total. The molecular formula is C23H19FO.